The largest absolute Gasteiger partial charge is 0.352 e. The van der Waals surface area contributed by atoms with Crippen LogP contribution in [0.1, 0.15) is 67.0 Å². The lowest BCUT2D eigenvalue weighted by molar-refractivity contribution is -0.126. The van der Waals surface area contributed by atoms with Gasteiger partial charge in [-0.25, -0.2) is 0 Å². The van der Waals surface area contributed by atoms with Crippen LogP contribution < -0.4 is 0 Å². The molecule has 0 fully saturated rings. The van der Waals surface area contributed by atoms with Gasteiger partial charge in [-0.2, -0.15) is 0 Å². The van der Waals surface area contributed by atoms with Crippen LogP contribution in [0.25, 0.3) is 0 Å². The number of hydrogen-bond acceptors (Lipinski definition) is 2. The number of allylic oxidation sites excluding steroid dienone is 3. The zero-order chi connectivity index (χ0) is 20.8. The highest BCUT2D eigenvalue weighted by molar-refractivity contribution is 5.97. The van der Waals surface area contributed by atoms with E-state index in [2.05, 4.69) is 67.3 Å². The minimum atomic E-state index is 0.0145. The Morgan fingerprint density at radius 2 is 1.30 bits per heavy atom. The molecule has 1 atom stereocenters. The quantitative estimate of drug-likeness (QED) is 0.722. The average Bonchev–Trinajstić information content (AvgIpc) is 2.65. The van der Waals surface area contributed by atoms with Gasteiger partial charge < -0.3 is 9.80 Å². The fraction of sp³-hybridized carbons (Fsp3) is 0.542. The first kappa shape index (κ1) is 21.3. The summed E-state index contributed by atoms with van der Waals surface area (Å²) in [5.74, 6) is 0.147. The molecule has 1 aliphatic heterocycles. The van der Waals surface area contributed by atoms with Gasteiger partial charge in [0.2, 0.25) is 0 Å². The monoisotopic (exact) mass is 368 g/mol. The predicted molar refractivity (Wildman–Crippen MR) is 115 cm³/mol. The molecule has 1 aromatic rings. The van der Waals surface area contributed by atoms with Crippen molar-refractivity contribution in [3.8, 4) is 0 Å². The summed E-state index contributed by atoms with van der Waals surface area (Å²) in [5, 5.41) is 0. The molecular formula is C24H36N2O. The Hall–Kier alpha value is -2.03. The first-order valence-corrected chi connectivity index (χ1v) is 9.91. The fourth-order valence-electron chi connectivity index (χ4n) is 4.28. The van der Waals surface area contributed by atoms with Crippen molar-refractivity contribution < 1.29 is 4.79 Å². The molecule has 148 valence electrons. The standard InChI is InChI=1S/C24H36N2O/c1-12-25(10)24(27)23-20(9)26(11)19(8)18(7)22(23)21-16(5)14(3)13(2)15(4)17(21)6/h22H,12H2,1-11H3. The summed E-state index contributed by atoms with van der Waals surface area (Å²) in [5.41, 5.74) is 12.5. The Balaban J connectivity index is 2.89. The summed E-state index contributed by atoms with van der Waals surface area (Å²) in [6.07, 6.45) is 0. The van der Waals surface area contributed by atoms with Crippen molar-refractivity contribution >= 4 is 5.91 Å². The Morgan fingerprint density at radius 3 is 1.74 bits per heavy atom. The summed E-state index contributed by atoms with van der Waals surface area (Å²) < 4.78 is 0. The number of hydrogen-bond donors (Lipinski definition) is 0. The molecule has 3 heteroatoms. The molecule has 0 radical (unpaired) electrons. The summed E-state index contributed by atoms with van der Waals surface area (Å²) in [4.78, 5) is 17.4. The number of carbonyl (C=O) groups is 1. The molecule has 0 aliphatic carbocycles. The van der Waals surface area contributed by atoms with Crippen LogP contribution >= 0.6 is 0 Å². The number of carbonyl (C=O) groups excluding carboxylic acids is 1. The maximum absolute atomic E-state index is 13.4. The lowest BCUT2D eigenvalue weighted by Gasteiger charge is -2.39. The van der Waals surface area contributed by atoms with E-state index in [9.17, 15) is 4.79 Å². The second-order valence-electron chi connectivity index (χ2n) is 8.12. The average molecular weight is 369 g/mol. The van der Waals surface area contributed by atoms with Gasteiger partial charge >= 0.3 is 0 Å². The Labute approximate surface area is 165 Å². The third-order valence-electron chi connectivity index (χ3n) is 7.09. The third kappa shape index (κ3) is 3.22. The summed E-state index contributed by atoms with van der Waals surface area (Å²) >= 11 is 0. The smallest absolute Gasteiger partial charge is 0.252 e. The van der Waals surface area contributed by atoms with Crippen molar-refractivity contribution in [1.29, 1.82) is 0 Å². The SMILES string of the molecule is CCN(C)C(=O)C1=C(C)N(C)C(C)=C(C)C1c1c(C)c(C)c(C)c(C)c1C. The van der Waals surface area contributed by atoms with E-state index < -0.39 is 0 Å². The zero-order valence-electron chi connectivity index (χ0n) is 19.1. The van der Waals surface area contributed by atoms with E-state index in [1.54, 1.807) is 0 Å². The van der Waals surface area contributed by atoms with Crippen molar-refractivity contribution in [2.45, 2.75) is 68.2 Å². The second kappa shape index (κ2) is 7.53. The topological polar surface area (TPSA) is 23.6 Å². The van der Waals surface area contributed by atoms with Crippen LogP contribution in [0, 0.1) is 34.6 Å². The Bertz CT molecular complexity index is 829. The Kier molecular flexibility index (Phi) is 5.94. The van der Waals surface area contributed by atoms with Gasteiger partial charge in [-0.15, -0.1) is 0 Å². The molecule has 1 amide bonds. The van der Waals surface area contributed by atoms with Crippen LogP contribution in [-0.4, -0.2) is 36.3 Å². The minimum absolute atomic E-state index is 0.0145. The van der Waals surface area contributed by atoms with E-state index in [-0.39, 0.29) is 11.8 Å². The third-order valence-corrected chi connectivity index (χ3v) is 7.09. The molecule has 1 aromatic carbocycles. The lowest BCUT2D eigenvalue weighted by Crippen LogP contribution is -2.36. The molecule has 0 aromatic heterocycles. The molecule has 3 nitrogen and oxygen atoms in total. The predicted octanol–water partition coefficient (Wildman–Crippen LogP) is 5.30. The van der Waals surface area contributed by atoms with E-state index in [0.29, 0.717) is 6.54 Å². The van der Waals surface area contributed by atoms with Crippen LogP contribution in [0.15, 0.2) is 22.5 Å². The second-order valence-corrected chi connectivity index (χ2v) is 8.12. The summed E-state index contributed by atoms with van der Waals surface area (Å²) in [7, 11) is 3.96. The molecule has 1 heterocycles. The van der Waals surface area contributed by atoms with Gasteiger partial charge in [-0.05, 0) is 101 Å². The van der Waals surface area contributed by atoms with E-state index >= 15 is 0 Å². The van der Waals surface area contributed by atoms with Crippen LogP contribution in [0.2, 0.25) is 0 Å². The van der Waals surface area contributed by atoms with Gasteiger partial charge in [-0.1, -0.05) is 0 Å². The molecular weight excluding hydrogens is 332 g/mol. The first-order valence-electron chi connectivity index (χ1n) is 9.91. The van der Waals surface area contributed by atoms with Gasteiger partial charge in [0.15, 0.2) is 0 Å². The highest BCUT2D eigenvalue weighted by Crippen LogP contribution is 2.45. The van der Waals surface area contributed by atoms with Crippen molar-refractivity contribution in [3.05, 3.63) is 55.9 Å². The van der Waals surface area contributed by atoms with Gasteiger partial charge in [0.1, 0.15) is 0 Å². The number of nitrogens with zero attached hydrogens (tertiary/aromatic N) is 2. The summed E-state index contributed by atoms with van der Waals surface area (Å²) in [6, 6.07) is 0. The highest BCUT2D eigenvalue weighted by atomic mass is 16.2. The molecule has 0 saturated carbocycles. The maximum Gasteiger partial charge on any atom is 0.252 e. The van der Waals surface area contributed by atoms with Crippen LogP contribution in [0.5, 0.6) is 0 Å². The molecule has 0 saturated heterocycles. The molecule has 27 heavy (non-hydrogen) atoms. The molecule has 0 N–H and O–H groups in total. The molecule has 2 rings (SSSR count). The van der Waals surface area contributed by atoms with Crippen molar-refractivity contribution in [2.24, 2.45) is 0 Å². The maximum atomic E-state index is 13.4. The molecule has 0 spiro atoms. The van der Waals surface area contributed by atoms with Gasteiger partial charge in [0.25, 0.3) is 5.91 Å². The number of amides is 1. The van der Waals surface area contributed by atoms with E-state index in [4.69, 9.17) is 0 Å². The van der Waals surface area contributed by atoms with E-state index in [1.165, 1.54) is 44.7 Å². The molecule has 1 aliphatic rings. The van der Waals surface area contributed by atoms with Gasteiger partial charge in [0, 0.05) is 43.5 Å². The van der Waals surface area contributed by atoms with Gasteiger partial charge in [-0.3, -0.25) is 4.79 Å². The Morgan fingerprint density at radius 1 is 0.852 bits per heavy atom. The number of likely N-dealkylation sites (N-methyl/N-ethyl adjacent to an activating group) is 1. The van der Waals surface area contributed by atoms with Crippen LogP contribution in [0.4, 0.5) is 0 Å². The van der Waals surface area contributed by atoms with Crippen molar-refractivity contribution in [2.75, 3.05) is 20.6 Å². The molecule has 0 bridgehead atoms. The van der Waals surface area contributed by atoms with Crippen LogP contribution in [0.3, 0.4) is 0 Å². The lowest BCUT2D eigenvalue weighted by atomic mass is 9.74. The molecule has 1 unspecified atom stereocenters. The van der Waals surface area contributed by atoms with Crippen molar-refractivity contribution in [3.63, 3.8) is 0 Å². The number of rotatable bonds is 3. The highest BCUT2D eigenvalue weighted by Gasteiger charge is 2.36. The minimum Gasteiger partial charge on any atom is -0.352 e. The normalized spacial score (nSPS) is 17.7. The van der Waals surface area contributed by atoms with Gasteiger partial charge in [0.05, 0.1) is 0 Å². The fourth-order valence-corrected chi connectivity index (χ4v) is 4.28. The van der Waals surface area contributed by atoms with E-state index in [1.807, 2.05) is 18.9 Å². The first-order chi connectivity index (χ1) is 12.5. The number of benzene rings is 1. The van der Waals surface area contributed by atoms with Crippen molar-refractivity contribution in [1.82, 2.24) is 9.80 Å². The zero-order valence-corrected chi connectivity index (χ0v) is 19.1. The summed E-state index contributed by atoms with van der Waals surface area (Å²) in [6.45, 7) is 20.2. The van der Waals surface area contributed by atoms with Crippen LogP contribution in [-0.2, 0) is 4.79 Å². The van der Waals surface area contributed by atoms with E-state index in [0.717, 1.165) is 11.3 Å².